The maximum atomic E-state index is 5.97. The average Bonchev–Trinajstić information content (AvgIpc) is 2.68. The minimum Gasteiger partial charge on any atom is -0.378 e. The van der Waals surface area contributed by atoms with Gasteiger partial charge in [-0.05, 0) is 41.9 Å². The Morgan fingerprint density at radius 3 is 2.88 bits per heavy atom. The lowest BCUT2D eigenvalue weighted by atomic mass is 9.99. The maximum Gasteiger partial charge on any atom is 0.0702 e. The molecule has 17 heavy (non-hydrogen) atoms. The predicted molar refractivity (Wildman–Crippen MR) is 75.4 cm³/mol. The summed E-state index contributed by atoms with van der Waals surface area (Å²) >= 11 is 5.29. The Morgan fingerprint density at radius 1 is 1.59 bits per heavy atom. The number of morpholine rings is 1. The standard InChI is InChI=1S/C12H19BrN2OS/c1-12(2)8-16-6-5-15(12)9(7-14)10-3-4-11(13)17-10/h3-4,9H,5-8,14H2,1-2H3. The monoisotopic (exact) mass is 318 g/mol. The molecule has 0 amide bonds. The van der Waals surface area contributed by atoms with Crippen molar-refractivity contribution in [3.8, 4) is 0 Å². The molecule has 96 valence electrons. The zero-order valence-corrected chi connectivity index (χ0v) is 12.7. The van der Waals surface area contributed by atoms with Crippen LogP contribution < -0.4 is 5.73 Å². The average molecular weight is 319 g/mol. The number of hydrogen-bond acceptors (Lipinski definition) is 4. The zero-order chi connectivity index (χ0) is 12.5. The molecule has 1 atom stereocenters. The zero-order valence-electron chi connectivity index (χ0n) is 10.3. The Balaban J connectivity index is 2.22. The minimum atomic E-state index is 0.0543. The smallest absolute Gasteiger partial charge is 0.0702 e. The van der Waals surface area contributed by atoms with Crippen LogP contribution in [0.3, 0.4) is 0 Å². The lowest BCUT2D eigenvalue weighted by Gasteiger charge is -2.46. The van der Waals surface area contributed by atoms with Crippen molar-refractivity contribution in [1.82, 2.24) is 4.90 Å². The Kier molecular flexibility index (Phi) is 4.26. The summed E-state index contributed by atoms with van der Waals surface area (Å²) in [4.78, 5) is 3.80. The predicted octanol–water partition coefficient (Wildman–Crippen LogP) is 2.62. The molecule has 0 radical (unpaired) electrons. The number of halogens is 1. The fraction of sp³-hybridized carbons (Fsp3) is 0.667. The minimum absolute atomic E-state index is 0.0543. The van der Waals surface area contributed by atoms with E-state index in [1.54, 1.807) is 11.3 Å². The molecule has 2 rings (SSSR count). The van der Waals surface area contributed by atoms with E-state index in [1.165, 1.54) is 4.88 Å². The lowest BCUT2D eigenvalue weighted by Crippen LogP contribution is -2.55. The van der Waals surface area contributed by atoms with Gasteiger partial charge in [0.2, 0.25) is 0 Å². The van der Waals surface area contributed by atoms with Crippen LogP contribution in [0, 0.1) is 0 Å². The summed E-state index contributed by atoms with van der Waals surface area (Å²) in [6.07, 6.45) is 0. The van der Waals surface area contributed by atoms with Gasteiger partial charge in [-0.15, -0.1) is 11.3 Å². The van der Waals surface area contributed by atoms with Crippen molar-refractivity contribution in [2.24, 2.45) is 5.73 Å². The van der Waals surface area contributed by atoms with E-state index in [1.807, 2.05) is 0 Å². The Morgan fingerprint density at radius 2 is 2.35 bits per heavy atom. The molecule has 0 aromatic carbocycles. The van der Waals surface area contributed by atoms with Crippen molar-refractivity contribution >= 4 is 27.3 Å². The van der Waals surface area contributed by atoms with E-state index < -0.39 is 0 Å². The molecule has 0 bridgehead atoms. The van der Waals surface area contributed by atoms with E-state index in [2.05, 4.69) is 46.8 Å². The van der Waals surface area contributed by atoms with Gasteiger partial charge in [-0.2, -0.15) is 0 Å². The first kappa shape index (κ1) is 13.5. The van der Waals surface area contributed by atoms with Crippen LogP contribution in [0.4, 0.5) is 0 Å². The van der Waals surface area contributed by atoms with Crippen molar-refractivity contribution in [3.05, 3.63) is 20.8 Å². The first-order chi connectivity index (χ1) is 8.04. The molecule has 1 saturated heterocycles. The van der Waals surface area contributed by atoms with Gasteiger partial charge in [-0.3, -0.25) is 4.90 Å². The number of nitrogens with two attached hydrogens (primary N) is 1. The van der Waals surface area contributed by atoms with Crippen LogP contribution in [0.25, 0.3) is 0 Å². The summed E-state index contributed by atoms with van der Waals surface area (Å²) in [6, 6.07) is 4.55. The fourth-order valence-electron chi connectivity index (χ4n) is 2.35. The summed E-state index contributed by atoms with van der Waals surface area (Å²) in [5.41, 5.74) is 6.03. The second-order valence-corrected chi connectivity index (χ2v) is 7.45. The van der Waals surface area contributed by atoms with Gasteiger partial charge in [0, 0.05) is 23.5 Å². The third kappa shape index (κ3) is 2.90. The van der Waals surface area contributed by atoms with Gasteiger partial charge in [0.15, 0.2) is 0 Å². The molecule has 0 aliphatic carbocycles. The highest BCUT2D eigenvalue weighted by Gasteiger charge is 2.36. The highest BCUT2D eigenvalue weighted by Crippen LogP contribution is 2.35. The van der Waals surface area contributed by atoms with Gasteiger partial charge in [0.1, 0.15) is 0 Å². The van der Waals surface area contributed by atoms with Gasteiger partial charge in [-0.25, -0.2) is 0 Å². The molecule has 3 nitrogen and oxygen atoms in total. The van der Waals surface area contributed by atoms with Crippen molar-refractivity contribution in [1.29, 1.82) is 0 Å². The van der Waals surface area contributed by atoms with Crippen molar-refractivity contribution in [2.45, 2.75) is 25.4 Å². The van der Waals surface area contributed by atoms with Crippen LogP contribution in [0.15, 0.2) is 15.9 Å². The largest absolute Gasteiger partial charge is 0.378 e. The summed E-state index contributed by atoms with van der Waals surface area (Å²) in [5.74, 6) is 0. The fourth-order valence-corrected chi connectivity index (χ4v) is 3.90. The normalized spacial score (nSPS) is 22.6. The van der Waals surface area contributed by atoms with Gasteiger partial charge < -0.3 is 10.5 Å². The number of ether oxygens (including phenoxy) is 1. The number of nitrogens with zero attached hydrogens (tertiary/aromatic N) is 1. The summed E-state index contributed by atoms with van der Waals surface area (Å²) in [5, 5.41) is 0. The summed E-state index contributed by atoms with van der Waals surface area (Å²) < 4.78 is 6.73. The van der Waals surface area contributed by atoms with Gasteiger partial charge in [-0.1, -0.05) is 0 Å². The molecule has 1 aromatic heterocycles. The van der Waals surface area contributed by atoms with Crippen LogP contribution in [0.2, 0.25) is 0 Å². The van der Waals surface area contributed by atoms with Crippen LogP contribution in [-0.4, -0.2) is 36.7 Å². The third-order valence-electron chi connectivity index (χ3n) is 3.23. The molecule has 1 aromatic rings. The highest BCUT2D eigenvalue weighted by molar-refractivity contribution is 9.11. The van der Waals surface area contributed by atoms with E-state index in [9.17, 15) is 0 Å². The molecular weight excluding hydrogens is 300 g/mol. The molecule has 5 heteroatoms. The van der Waals surface area contributed by atoms with Crippen LogP contribution in [0.1, 0.15) is 24.8 Å². The second-order valence-electron chi connectivity index (χ2n) is 4.95. The molecule has 1 fully saturated rings. The van der Waals surface area contributed by atoms with Gasteiger partial charge >= 0.3 is 0 Å². The van der Waals surface area contributed by atoms with Gasteiger partial charge in [0.05, 0.1) is 23.0 Å². The molecule has 1 aliphatic heterocycles. The van der Waals surface area contributed by atoms with Crippen LogP contribution in [0.5, 0.6) is 0 Å². The quantitative estimate of drug-likeness (QED) is 0.931. The number of hydrogen-bond donors (Lipinski definition) is 1. The summed E-state index contributed by atoms with van der Waals surface area (Å²) in [7, 11) is 0. The molecule has 1 unspecified atom stereocenters. The topological polar surface area (TPSA) is 38.5 Å². The Bertz CT molecular complexity index is 380. The van der Waals surface area contributed by atoms with E-state index >= 15 is 0 Å². The molecule has 2 N–H and O–H groups in total. The van der Waals surface area contributed by atoms with Crippen LogP contribution in [-0.2, 0) is 4.74 Å². The Labute approximate surface area is 115 Å². The highest BCUT2D eigenvalue weighted by atomic mass is 79.9. The second kappa shape index (κ2) is 5.36. The van der Waals surface area contributed by atoms with E-state index in [0.717, 1.165) is 23.5 Å². The van der Waals surface area contributed by atoms with E-state index in [4.69, 9.17) is 10.5 Å². The summed E-state index contributed by atoms with van der Waals surface area (Å²) in [6.45, 7) is 7.61. The molecule has 2 heterocycles. The third-order valence-corrected chi connectivity index (χ3v) is 4.96. The van der Waals surface area contributed by atoms with E-state index in [-0.39, 0.29) is 5.54 Å². The lowest BCUT2D eigenvalue weighted by molar-refractivity contribution is -0.0706. The number of rotatable bonds is 3. The molecule has 0 spiro atoms. The van der Waals surface area contributed by atoms with Crippen molar-refractivity contribution in [3.63, 3.8) is 0 Å². The van der Waals surface area contributed by atoms with Crippen LogP contribution >= 0.6 is 27.3 Å². The Hall–Kier alpha value is 0.0600. The van der Waals surface area contributed by atoms with Gasteiger partial charge in [0.25, 0.3) is 0 Å². The SMILES string of the molecule is CC1(C)COCCN1C(CN)c1ccc(Br)s1. The van der Waals surface area contributed by atoms with E-state index in [0.29, 0.717) is 12.6 Å². The molecular formula is C12H19BrN2OS. The maximum absolute atomic E-state index is 5.97. The van der Waals surface area contributed by atoms with Crippen molar-refractivity contribution < 1.29 is 4.74 Å². The van der Waals surface area contributed by atoms with Crippen molar-refractivity contribution in [2.75, 3.05) is 26.3 Å². The first-order valence-electron chi connectivity index (χ1n) is 5.84. The molecule has 1 aliphatic rings. The molecule has 0 saturated carbocycles. The first-order valence-corrected chi connectivity index (χ1v) is 7.45. The number of thiophene rings is 1.